The molecule has 0 spiro atoms. The molecular weight excluding hydrogens is 208 g/mol. The summed E-state index contributed by atoms with van der Waals surface area (Å²) in [5.41, 5.74) is 1.74. The molecule has 2 aromatic rings. The SMILES string of the molecule is Cc1ccnc(NC(=O)c2ccsc2)c1. The Labute approximate surface area is 91.8 Å². The van der Waals surface area contributed by atoms with Gasteiger partial charge >= 0.3 is 0 Å². The molecule has 0 atom stereocenters. The van der Waals surface area contributed by atoms with Crippen molar-refractivity contribution < 1.29 is 4.79 Å². The number of pyridine rings is 1. The van der Waals surface area contributed by atoms with Crippen molar-refractivity contribution >= 4 is 23.1 Å². The Kier molecular flexibility index (Phi) is 2.78. The molecular formula is C11H10N2OS. The van der Waals surface area contributed by atoms with Crippen LogP contribution in [0.15, 0.2) is 35.2 Å². The standard InChI is InChI=1S/C11H10N2OS/c1-8-2-4-12-10(6-8)13-11(14)9-3-5-15-7-9/h2-7H,1H3,(H,12,13,14). The highest BCUT2D eigenvalue weighted by atomic mass is 32.1. The zero-order valence-electron chi connectivity index (χ0n) is 8.23. The Morgan fingerprint density at radius 1 is 1.47 bits per heavy atom. The number of hydrogen-bond acceptors (Lipinski definition) is 3. The molecule has 1 N–H and O–H groups in total. The summed E-state index contributed by atoms with van der Waals surface area (Å²) in [5, 5.41) is 6.43. The first kappa shape index (κ1) is 9.86. The van der Waals surface area contributed by atoms with Crippen LogP contribution in [0.2, 0.25) is 0 Å². The smallest absolute Gasteiger partial charge is 0.257 e. The van der Waals surface area contributed by atoms with Crippen LogP contribution in [0.1, 0.15) is 15.9 Å². The van der Waals surface area contributed by atoms with E-state index in [1.807, 2.05) is 29.8 Å². The van der Waals surface area contributed by atoms with Gasteiger partial charge in [0.15, 0.2) is 0 Å². The number of nitrogens with zero attached hydrogens (tertiary/aromatic N) is 1. The van der Waals surface area contributed by atoms with E-state index in [1.165, 1.54) is 11.3 Å². The van der Waals surface area contributed by atoms with E-state index in [0.717, 1.165) is 5.56 Å². The summed E-state index contributed by atoms with van der Waals surface area (Å²) in [4.78, 5) is 15.7. The van der Waals surface area contributed by atoms with Crippen molar-refractivity contribution in [2.75, 3.05) is 5.32 Å². The normalized spacial score (nSPS) is 9.93. The second-order valence-electron chi connectivity index (χ2n) is 3.18. The molecule has 0 radical (unpaired) electrons. The molecule has 76 valence electrons. The molecule has 1 amide bonds. The van der Waals surface area contributed by atoms with Gasteiger partial charge in [-0.25, -0.2) is 4.98 Å². The number of carbonyl (C=O) groups excluding carboxylic acids is 1. The second kappa shape index (κ2) is 4.23. The summed E-state index contributed by atoms with van der Waals surface area (Å²) in [7, 11) is 0. The van der Waals surface area contributed by atoms with E-state index in [1.54, 1.807) is 12.3 Å². The molecule has 2 heterocycles. The fourth-order valence-electron chi connectivity index (χ4n) is 1.19. The van der Waals surface area contributed by atoms with Crippen molar-refractivity contribution in [3.8, 4) is 0 Å². The molecule has 0 fully saturated rings. The molecule has 2 aromatic heterocycles. The van der Waals surface area contributed by atoms with Crippen LogP contribution in [-0.4, -0.2) is 10.9 Å². The van der Waals surface area contributed by atoms with Gasteiger partial charge in [0.1, 0.15) is 5.82 Å². The highest BCUT2D eigenvalue weighted by Gasteiger charge is 2.06. The van der Waals surface area contributed by atoms with Crippen LogP contribution in [0.25, 0.3) is 0 Å². The highest BCUT2D eigenvalue weighted by molar-refractivity contribution is 7.08. The van der Waals surface area contributed by atoms with Crippen molar-refractivity contribution in [2.45, 2.75) is 6.92 Å². The van der Waals surface area contributed by atoms with Gasteiger partial charge in [-0.15, -0.1) is 0 Å². The lowest BCUT2D eigenvalue weighted by Crippen LogP contribution is -2.11. The number of thiophene rings is 1. The van der Waals surface area contributed by atoms with Gasteiger partial charge in [-0.05, 0) is 36.1 Å². The van der Waals surface area contributed by atoms with E-state index in [-0.39, 0.29) is 5.91 Å². The zero-order chi connectivity index (χ0) is 10.7. The summed E-state index contributed by atoms with van der Waals surface area (Å²) in [5.74, 6) is 0.473. The Bertz CT molecular complexity index is 465. The molecule has 0 aliphatic rings. The van der Waals surface area contributed by atoms with Crippen molar-refractivity contribution in [1.29, 1.82) is 0 Å². The van der Waals surface area contributed by atoms with Crippen LogP contribution >= 0.6 is 11.3 Å². The van der Waals surface area contributed by atoms with E-state index >= 15 is 0 Å². The van der Waals surface area contributed by atoms with Crippen LogP contribution in [0, 0.1) is 6.92 Å². The molecule has 15 heavy (non-hydrogen) atoms. The maximum Gasteiger partial charge on any atom is 0.257 e. The van der Waals surface area contributed by atoms with E-state index in [4.69, 9.17) is 0 Å². The molecule has 4 heteroatoms. The number of aromatic nitrogens is 1. The van der Waals surface area contributed by atoms with Gasteiger partial charge in [-0.3, -0.25) is 4.79 Å². The Balaban J connectivity index is 2.13. The average Bonchev–Trinajstić information content (AvgIpc) is 2.70. The first-order valence-electron chi connectivity index (χ1n) is 4.52. The maximum absolute atomic E-state index is 11.6. The van der Waals surface area contributed by atoms with E-state index in [2.05, 4.69) is 10.3 Å². The van der Waals surface area contributed by atoms with Crippen molar-refractivity contribution in [3.63, 3.8) is 0 Å². The minimum absolute atomic E-state index is 0.116. The summed E-state index contributed by atoms with van der Waals surface area (Å²) in [6, 6.07) is 5.51. The van der Waals surface area contributed by atoms with Crippen LogP contribution < -0.4 is 5.32 Å². The van der Waals surface area contributed by atoms with Gasteiger partial charge in [-0.2, -0.15) is 11.3 Å². The summed E-state index contributed by atoms with van der Waals surface area (Å²) in [6.45, 7) is 1.96. The third-order valence-electron chi connectivity index (χ3n) is 1.94. The quantitative estimate of drug-likeness (QED) is 0.842. The first-order valence-corrected chi connectivity index (χ1v) is 5.46. The molecule has 2 rings (SSSR count). The Morgan fingerprint density at radius 2 is 2.33 bits per heavy atom. The van der Waals surface area contributed by atoms with Gasteiger partial charge in [-0.1, -0.05) is 0 Å². The number of nitrogens with one attached hydrogen (secondary N) is 1. The summed E-state index contributed by atoms with van der Waals surface area (Å²) < 4.78 is 0. The van der Waals surface area contributed by atoms with Crippen LogP contribution in [-0.2, 0) is 0 Å². The molecule has 0 bridgehead atoms. The molecule has 0 saturated heterocycles. The highest BCUT2D eigenvalue weighted by Crippen LogP contribution is 2.10. The molecule has 0 aromatic carbocycles. The number of hydrogen-bond donors (Lipinski definition) is 1. The fourth-order valence-corrected chi connectivity index (χ4v) is 1.82. The monoisotopic (exact) mass is 218 g/mol. The van der Waals surface area contributed by atoms with E-state index in [9.17, 15) is 4.79 Å². The maximum atomic E-state index is 11.6. The number of carbonyl (C=O) groups is 1. The topological polar surface area (TPSA) is 42.0 Å². The lowest BCUT2D eigenvalue weighted by Gasteiger charge is -2.02. The predicted molar refractivity (Wildman–Crippen MR) is 61.2 cm³/mol. The summed E-state index contributed by atoms with van der Waals surface area (Å²) >= 11 is 1.50. The minimum Gasteiger partial charge on any atom is -0.307 e. The Morgan fingerprint density at radius 3 is 3.00 bits per heavy atom. The predicted octanol–water partition coefficient (Wildman–Crippen LogP) is 2.70. The lowest BCUT2D eigenvalue weighted by atomic mass is 10.3. The lowest BCUT2D eigenvalue weighted by molar-refractivity contribution is 0.102. The molecule has 0 aliphatic heterocycles. The van der Waals surface area contributed by atoms with Gasteiger partial charge in [0.25, 0.3) is 5.91 Å². The number of aryl methyl sites for hydroxylation is 1. The molecule has 3 nitrogen and oxygen atoms in total. The molecule has 0 unspecified atom stereocenters. The van der Waals surface area contributed by atoms with Crippen LogP contribution in [0.5, 0.6) is 0 Å². The van der Waals surface area contributed by atoms with Crippen molar-refractivity contribution in [1.82, 2.24) is 4.98 Å². The number of amides is 1. The minimum atomic E-state index is -0.116. The Hall–Kier alpha value is -1.68. The summed E-state index contributed by atoms with van der Waals surface area (Å²) in [6.07, 6.45) is 1.68. The van der Waals surface area contributed by atoms with Gasteiger partial charge < -0.3 is 5.32 Å². The average molecular weight is 218 g/mol. The molecule has 0 saturated carbocycles. The number of rotatable bonds is 2. The van der Waals surface area contributed by atoms with Crippen LogP contribution in [0.3, 0.4) is 0 Å². The van der Waals surface area contributed by atoms with Crippen LogP contribution in [0.4, 0.5) is 5.82 Å². The first-order chi connectivity index (χ1) is 7.25. The largest absolute Gasteiger partial charge is 0.307 e. The number of anilines is 1. The fraction of sp³-hybridized carbons (Fsp3) is 0.0909. The van der Waals surface area contributed by atoms with E-state index < -0.39 is 0 Å². The van der Waals surface area contributed by atoms with Crippen molar-refractivity contribution in [2.24, 2.45) is 0 Å². The molecule has 0 aliphatic carbocycles. The van der Waals surface area contributed by atoms with Gasteiger partial charge in [0, 0.05) is 11.6 Å². The van der Waals surface area contributed by atoms with Gasteiger partial charge in [0.05, 0.1) is 5.56 Å². The van der Waals surface area contributed by atoms with E-state index in [0.29, 0.717) is 11.4 Å². The van der Waals surface area contributed by atoms with Gasteiger partial charge in [0.2, 0.25) is 0 Å². The van der Waals surface area contributed by atoms with Crippen molar-refractivity contribution in [3.05, 3.63) is 46.3 Å². The second-order valence-corrected chi connectivity index (χ2v) is 3.96. The zero-order valence-corrected chi connectivity index (χ0v) is 9.04. The third kappa shape index (κ3) is 2.41. The third-order valence-corrected chi connectivity index (χ3v) is 2.62.